The van der Waals surface area contributed by atoms with Crippen LogP contribution >= 0.6 is 22.7 Å². The Bertz CT molecular complexity index is 2600. The maximum absolute atomic E-state index is 6.02. The average Bonchev–Trinajstić information content (AvgIpc) is 4.05. The predicted octanol–water partition coefficient (Wildman–Crippen LogP) is 15.1. The highest BCUT2D eigenvalue weighted by atomic mass is 32.1. The van der Waals surface area contributed by atoms with Crippen molar-refractivity contribution in [3.63, 3.8) is 0 Å². The molecule has 6 aromatic carbocycles. The van der Waals surface area contributed by atoms with Gasteiger partial charge in [0.1, 0.15) is 10.0 Å². The third-order valence-corrected chi connectivity index (χ3v) is 16.4. The monoisotopic (exact) mass is 807 g/mol. The van der Waals surface area contributed by atoms with Crippen LogP contribution in [0.5, 0.6) is 0 Å². The van der Waals surface area contributed by atoms with Crippen molar-refractivity contribution < 1.29 is 0 Å². The Balaban J connectivity index is 1.05. The molecule has 59 heavy (non-hydrogen) atoms. The van der Waals surface area contributed by atoms with E-state index < -0.39 is 0 Å². The molecule has 5 heteroatoms. The van der Waals surface area contributed by atoms with Gasteiger partial charge in [-0.2, -0.15) is 0 Å². The number of aromatic nitrogens is 2. The SMILES string of the molecule is CCC1(CC)c2cc(-c3nc4ccccc4s3)ccc2-c2ccc(C(CCCCCN)c3ccc4c(c3)C(CC)(CC)c3cc(-c5nc6ccccc6s5)ccc3-4)cc21. The first-order valence-corrected chi connectivity index (χ1v) is 23.6. The number of rotatable bonds is 13. The predicted molar refractivity (Wildman–Crippen MR) is 253 cm³/mol. The summed E-state index contributed by atoms with van der Waals surface area (Å²) >= 11 is 3.59. The number of para-hydroxylation sites is 2. The summed E-state index contributed by atoms with van der Waals surface area (Å²) in [6, 6.07) is 46.4. The Morgan fingerprint density at radius 3 is 1.34 bits per heavy atom. The van der Waals surface area contributed by atoms with Crippen molar-refractivity contribution in [3.8, 4) is 43.4 Å². The molecule has 0 unspecified atom stereocenters. The standard InChI is InChI=1S/C54H53N3S2/c1-5-53(6-2)43-30-34(21-25-39(43)41-27-23-36(32-45(41)53)51-56-47-17-11-13-19-49(47)58-51)38(16-10-9-15-29-55)35-22-26-40-42-28-24-37(52-57-48-18-12-14-20-50(48)59-52)33-46(42)54(7-3,8-4)44(40)31-35/h11-14,17-28,30-33,38H,5-10,15-16,29,55H2,1-4H3. The highest BCUT2D eigenvalue weighted by molar-refractivity contribution is 7.22. The second kappa shape index (κ2) is 15.3. The van der Waals surface area contributed by atoms with E-state index in [1.807, 2.05) is 0 Å². The van der Waals surface area contributed by atoms with E-state index in [2.05, 4.69) is 149 Å². The summed E-state index contributed by atoms with van der Waals surface area (Å²) in [6.45, 7) is 10.3. The maximum Gasteiger partial charge on any atom is 0.124 e. The van der Waals surface area contributed by atoms with Crippen LogP contribution in [0.15, 0.2) is 121 Å². The summed E-state index contributed by atoms with van der Waals surface area (Å²) in [6.07, 6.45) is 8.73. The van der Waals surface area contributed by atoms with Gasteiger partial charge in [0, 0.05) is 27.9 Å². The van der Waals surface area contributed by atoms with Gasteiger partial charge in [0.2, 0.25) is 0 Å². The molecule has 2 heterocycles. The van der Waals surface area contributed by atoms with E-state index in [9.17, 15) is 0 Å². The highest BCUT2D eigenvalue weighted by Gasteiger charge is 2.43. The first-order chi connectivity index (χ1) is 28.9. The van der Waals surface area contributed by atoms with Gasteiger partial charge < -0.3 is 5.73 Å². The van der Waals surface area contributed by atoms with Gasteiger partial charge in [-0.25, -0.2) is 9.97 Å². The number of hydrogen-bond acceptors (Lipinski definition) is 5. The Morgan fingerprint density at radius 2 is 0.915 bits per heavy atom. The summed E-state index contributed by atoms with van der Waals surface area (Å²) in [5.41, 5.74) is 24.9. The van der Waals surface area contributed by atoms with Gasteiger partial charge in [-0.15, -0.1) is 22.7 Å². The van der Waals surface area contributed by atoms with Crippen molar-refractivity contribution in [2.75, 3.05) is 6.54 Å². The molecule has 0 fully saturated rings. The first kappa shape index (κ1) is 38.3. The number of fused-ring (bicyclic) bond motifs is 8. The van der Waals surface area contributed by atoms with Crippen LogP contribution in [0.3, 0.4) is 0 Å². The number of nitrogens with two attached hydrogens (primary N) is 1. The smallest absolute Gasteiger partial charge is 0.124 e. The molecule has 0 bridgehead atoms. The molecule has 0 spiro atoms. The van der Waals surface area contributed by atoms with Gasteiger partial charge in [0.15, 0.2) is 0 Å². The summed E-state index contributed by atoms with van der Waals surface area (Å²) in [5.74, 6) is 0.297. The summed E-state index contributed by atoms with van der Waals surface area (Å²) in [5, 5.41) is 2.21. The zero-order valence-corrected chi connectivity index (χ0v) is 36.4. The van der Waals surface area contributed by atoms with E-state index in [0.717, 1.165) is 79.0 Å². The second-order valence-corrected chi connectivity index (χ2v) is 18.9. The topological polar surface area (TPSA) is 51.8 Å². The molecule has 0 aliphatic heterocycles. The Morgan fingerprint density at radius 1 is 0.492 bits per heavy atom. The van der Waals surface area contributed by atoms with Crippen LogP contribution < -0.4 is 5.73 Å². The Labute approximate surface area is 357 Å². The van der Waals surface area contributed by atoms with Crippen LogP contribution in [0, 0.1) is 0 Å². The van der Waals surface area contributed by atoms with Gasteiger partial charge in [-0.1, -0.05) is 125 Å². The van der Waals surface area contributed by atoms with Gasteiger partial charge >= 0.3 is 0 Å². The minimum absolute atomic E-state index is 0.0440. The number of nitrogens with zero attached hydrogens (tertiary/aromatic N) is 2. The quantitative estimate of drug-likeness (QED) is 0.118. The molecule has 3 nitrogen and oxygen atoms in total. The van der Waals surface area contributed by atoms with Crippen LogP contribution in [0.25, 0.3) is 63.8 Å². The lowest BCUT2D eigenvalue weighted by Gasteiger charge is -2.32. The van der Waals surface area contributed by atoms with Crippen LogP contribution in [0.1, 0.15) is 118 Å². The molecule has 0 saturated carbocycles. The van der Waals surface area contributed by atoms with E-state index in [-0.39, 0.29) is 10.8 Å². The van der Waals surface area contributed by atoms with E-state index in [0.29, 0.717) is 5.92 Å². The molecule has 2 aliphatic carbocycles. The fraction of sp³-hybridized carbons (Fsp3) is 0.296. The molecule has 0 atom stereocenters. The molecule has 0 amide bonds. The zero-order chi connectivity index (χ0) is 40.3. The van der Waals surface area contributed by atoms with E-state index >= 15 is 0 Å². The van der Waals surface area contributed by atoms with Crippen molar-refractivity contribution in [3.05, 3.63) is 155 Å². The number of unbranched alkanes of at least 4 members (excludes halogenated alkanes) is 2. The molecule has 2 N–H and O–H groups in total. The van der Waals surface area contributed by atoms with Crippen LogP contribution in [-0.2, 0) is 10.8 Å². The fourth-order valence-corrected chi connectivity index (χ4v) is 12.9. The highest BCUT2D eigenvalue weighted by Crippen LogP contribution is 2.57. The van der Waals surface area contributed by atoms with Crippen molar-refractivity contribution in [1.82, 2.24) is 9.97 Å². The first-order valence-electron chi connectivity index (χ1n) is 22.0. The Hall–Kier alpha value is -4.94. The van der Waals surface area contributed by atoms with Gasteiger partial charge in [0.25, 0.3) is 0 Å². The molecule has 8 aromatic rings. The zero-order valence-electron chi connectivity index (χ0n) is 34.8. The normalized spacial score (nSPS) is 14.5. The number of thiazole rings is 2. The number of benzene rings is 6. The van der Waals surface area contributed by atoms with Crippen LogP contribution in [0.2, 0.25) is 0 Å². The van der Waals surface area contributed by atoms with Crippen molar-refractivity contribution in [1.29, 1.82) is 0 Å². The molecular weight excluding hydrogens is 755 g/mol. The summed E-state index contributed by atoms with van der Waals surface area (Å²) < 4.78 is 2.48. The van der Waals surface area contributed by atoms with Crippen LogP contribution in [-0.4, -0.2) is 16.5 Å². The van der Waals surface area contributed by atoms with E-state index in [4.69, 9.17) is 15.7 Å². The third kappa shape index (κ3) is 6.06. The molecule has 10 rings (SSSR count). The molecular formula is C54H53N3S2. The molecule has 2 aliphatic rings. The van der Waals surface area contributed by atoms with Gasteiger partial charge in [-0.3, -0.25) is 0 Å². The minimum atomic E-state index is -0.0440. The molecule has 0 saturated heterocycles. The Kier molecular flexibility index (Phi) is 9.90. The lowest BCUT2D eigenvalue weighted by atomic mass is 9.71. The molecule has 0 radical (unpaired) electrons. The van der Waals surface area contributed by atoms with Crippen molar-refractivity contribution >= 4 is 43.1 Å². The second-order valence-electron chi connectivity index (χ2n) is 16.9. The summed E-state index contributed by atoms with van der Waals surface area (Å²) in [4.78, 5) is 10.1. The largest absolute Gasteiger partial charge is 0.330 e. The van der Waals surface area contributed by atoms with Gasteiger partial charge in [0.05, 0.1) is 20.4 Å². The van der Waals surface area contributed by atoms with E-state index in [1.54, 1.807) is 22.7 Å². The minimum Gasteiger partial charge on any atom is -0.330 e. The third-order valence-electron chi connectivity index (χ3n) is 14.3. The number of hydrogen-bond donors (Lipinski definition) is 1. The molecule has 2 aromatic heterocycles. The average molecular weight is 808 g/mol. The van der Waals surface area contributed by atoms with Crippen molar-refractivity contribution in [2.24, 2.45) is 5.73 Å². The fourth-order valence-electron chi connectivity index (χ4n) is 10.9. The summed E-state index contributed by atoms with van der Waals surface area (Å²) in [7, 11) is 0. The van der Waals surface area contributed by atoms with Crippen LogP contribution in [0.4, 0.5) is 0 Å². The maximum atomic E-state index is 6.02. The molecule has 296 valence electrons. The van der Waals surface area contributed by atoms with Crippen molar-refractivity contribution in [2.45, 2.75) is 95.8 Å². The van der Waals surface area contributed by atoms with Gasteiger partial charge in [-0.05, 0) is 137 Å². The lowest BCUT2D eigenvalue weighted by molar-refractivity contribution is 0.488. The van der Waals surface area contributed by atoms with E-state index in [1.165, 1.54) is 76.2 Å². The lowest BCUT2D eigenvalue weighted by Crippen LogP contribution is -2.24.